The normalized spacial score (nSPS) is 12.3. The van der Waals surface area contributed by atoms with Crippen LogP contribution in [-0.2, 0) is 9.59 Å². The second kappa shape index (κ2) is 6.75. The standard InChI is InChI=1S/C13H17NO5/c1-2-10(9-5-3-4-6-11(9)15)14(7-12(16)17)8-13(18)19/h3-6,10,15H,2,7-8H2,1H3,(H,16,17)(H,18,19). The maximum Gasteiger partial charge on any atom is 0.317 e. The van der Waals surface area contributed by atoms with Gasteiger partial charge < -0.3 is 15.3 Å². The smallest absolute Gasteiger partial charge is 0.317 e. The van der Waals surface area contributed by atoms with Crippen LogP contribution >= 0.6 is 0 Å². The number of benzene rings is 1. The molecule has 0 aromatic heterocycles. The summed E-state index contributed by atoms with van der Waals surface area (Å²) in [5, 5.41) is 27.5. The fraction of sp³-hybridized carbons (Fsp3) is 0.385. The molecular weight excluding hydrogens is 250 g/mol. The van der Waals surface area contributed by atoms with Crippen molar-refractivity contribution in [3.05, 3.63) is 29.8 Å². The number of phenols is 1. The highest BCUT2D eigenvalue weighted by atomic mass is 16.4. The van der Waals surface area contributed by atoms with Crippen LogP contribution in [0.3, 0.4) is 0 Å². The van der Waals surface area contributed by atoms with Crippen molar-refractivity contribution < 1.29 is 24.9 Å². The minimum Gasteiger partial charge on any atom is -0.508 e. The quantitative estimate of drug-likeness (QED) is 0.689. The molecule has 0 aliphatic rings. The predicted octanol–water partition coefficient (Wildman–Crippen LogP) is 1.31. The Bertz CT molecular complexity index is 444. The van der Waals surface area contributed by atoms with Crippen molar-refractivity contribution in [1.82, 2.24) is 4.90 Å². The van der Waals surface area contributed by atoms with E-state index < -0.39 is 18.0 Å². The number of carboxylic acids is 2. The highest BCUT2D eigenvalue weighted by molar-refractivity contribution is 5.72. The van der Waals surface area contributed by atoms with Crippen molar-refractivity contribution in [2.45, 2.75) is 19.4 Å². The molecule has 1 unspecified atom stereocenters. The maximum absolute atomic E-state index is 10.8. The minimum atomic E-state index is -1.10. The number of carboxylic acid groups (broad SMARTS) is 2. The molecule has 0 saturated heterocycles. The summed E-state index contributed by atoms with van der Waals surface area (Å²) in [6, 6.07) is 6.09. The number of aromatic hydroxyl groups is 1. The molecule has 3 N–H and O–H groups in total. The molecule has 1 aromatic carbocycles. The van der Waals surface area contributed by atoms with Gasteiger partial charge in [0.25, 0.3) is 0 Å². The van der Waals surface area contributed by atoms with Crippen molar-refractivity contribution in [1.29, 1.82) is 0 Å². The van der Waals surface area contributed by atoms with E-state index in [9.17, 15) is 14.7 Å². The molecule has 0 saturated carbocycles. The second-order valence-corrected chi connectivity index (χ2v) is 4.18. The lowest BCUT2D eigenvalue weighted by Crippen LogP contribution is -2.37. The Hall–Kier alpha value is -2.08. The predicted molar refractivity (Wildman–Crippen MR) is 68.0 cm³/mol. The third-order valence-electron chi connectivity index (χ3n) is 2.80. The number of hydrogen-bond donors (Lipinski definition) is 3. The van der Waals surface area contributed by atoms with Crippen LogP contribution in [0, 0.1) is 0 Å². The second-order valence-electron chi connectivity index (χ2n) is 4.18. The van der Waals surface area contributed by atoms with Gasteiger partial charge in [-0.3, -0.25) is 14.5 Å². The molecule has 19 heavy (non-hydrogen) atoms. The summed E-state index contributed by atoms with van der Waals surface area (Å²) in [7, 11) is 0. The Labute approximate surface area is 110 Å². The maximum atomic E-state index is 10.8. The molecular formula is C13H17NO5. The monoisotopic (exact) mass is 267 g/mol. The van der Waals surface area contributed by atoms with Gasteiger partial charge in [0.1, 0.15) is 5.75 Å². The third-order valence-corrected chi connectivity index (χ3v) is 2.80. The lowest BCUT2D eigenvalue weighted by molar-refractivity contribution is -0.143. The number of para-hydroxylation sites is 1. The molecule has 0 bridgehead atoms. The van der Waals surface area contributed by atoms with Crippen LogP contribution in [-0.4, -0.2) is 45.2 Å². The van der Waals surface area contributed by atoms with Crippen LogP contribution in [0.1, 0.15) is 24.9 Å². The Morgan fingerprint density at radius 1 is 1.16 bits per heavy atom. The van der Waals surface area contributed by atoms with Gasteiger partial charge in [-0.1, -0.05) is 25.1 Å². The van der Waals surface area contributed by atoms with Crippen LogP contribution in [0.25, 0.3) is 0 Å². The van der Waals surface area contributed by atoms with Gasteiger partial charge in [-0.15, -0.1) is 0 Å². The van der Waals surface area contributed by atoms with Gasteiger partial charge in [-0.2, -0.15) is 0 Å². The van der Waals surface area contributed by atoms with Crippen molar-refractivity contribution in [3.63, 3.8) is 0 Å². The fourth-order valence-corrected chi connectivity index (χ4v) is 2.07. The molecule has 0 spiro atoms. The van der Waals surface area contributed by atoms with E-state index in [-0.39, 0.29) is 18.8 Å². The molecule has 6 nitrogen and oxygen atoms in total. The lowest BCUT2D eigenvalue weighted by atomic mass is 10.0. The summed E-state index contributed by atoms with van der Waals surface area (Å²) in [6.45, 7) is 1.03. The van der Waals surface area contributed by atoms with Crippen LogP contribution in [0.2, 0.25) is 0 Å². The van der Waals surface area contributed by atoms with Gasteiger partial charge in [0.2, 0.25) is 0 Å². The first-order valence-corrected chi connectivity index (χ1v) is 5.91. The number of carbonyl (C=O) groups is 2. The molecule has 0 heterocycles. The Balaban J connectivity index is 3.05. The molecule has 6 heteroatoms. The van der Waals surface area contributed by atoms with Gasteiger partial charge >= 0.3 is 11.9 Å². The minimum absolute atomic E-state index is 0.0372. The lowest BCUT2D eigenvalue weighted by Gasteiger charge is -2.28. The van der Waals surface area contributed by atoms with Crippen molar-refractivity contribution in [2.75, 3.05) is 13.1 Å². The van der Waals surface area contributed by atoms with E-state index >= 15 is 0 Å². The fourth-order valence-electron chi connectivity index (χ4n) is 2.07. The van der Waals surface area contributed by atoms with Gasteiger partial charge in [0, 0.05) is 11.6 Å². The van der Waals surface area contributed by atoms with E-state index in [1.165, 1.54) is 11.0 Å². The van der Waals surface area contributed by atoms with E-state index in [1.54, 1.807) is 18.2 Å². The molecule has 0 amide bonds. The zero-order valence-corrected chi connectivity index (χ0v) is 10.6. The third kappa shape index (κ3) is 4.26. The molecule has 1 atom stereocenters. The molecule has 1 aromatic rings. The van der Waals surface area contributed by atoms with Crippen LogP contribution in [0.4, 0.5) is 0 Å². The average Bonchev–Trinajstić information content (AvgIpc) is 2.30. The Morgan fingerprint density at radius 2 is 1.68 bits per heavy atom. The number of aliphatic carboxylic acids is 2. The number of hydrogen-bond acceptors (Lipinski definition) is 4. The molecule has 1 rings (SSSR count). The van der Waals surface area contributed by atoms with Crippen LogP contribution in [0.5, 0.6) is 5.75 Å². The van der Waals surface area contributed by atoms with Gasteiger partial charge in [0.05, 0.1) is 13.1 Å². The van der Waals surface area contributed by atoms with Gasteiger partial charge in [0.15, 0.2) is 0 Å². The Kier molecular flexibility index (Phi) is 5.32. The largest absolute Gasteiger partial charge is 0.508 e. The van der Waals surface area contributed by atoms with Gasteiger partial charge in [-0.05, 0) is 12.5 Å². The highest BCUT2D eigenvalue weighted by Gasteiger charge is 2.25. The number of nitrogens with zero attached hydrogens (tertiary/aromatic N) is 1. The van der Waals surface area contributed by atoms with E-state index in [2.05, 4.69) is 0 Å². The summed E-state index contributed by atoms with van der Waals surface area (Å²) >= 11 is 0. The molecule has 104 valence electrons. The van der Waals surface area contributed by atoms with E-state index in [0.29, 0.717) is 12.0 Å². The summed E-state index contributed by atoms with van der Waals surface area (Å²) in [6.07, 6.45) is 0.498. The highest BCUT2D eigenvalue weighted by Crippen LogP contribution is 2.30. The van der Waals surface area contributed by atoms with Crippen molar-refractivity contribution in [2.24, 2.45) is 0 Å². The van der Waals surface area contributed by atoms with E-state index in [0.717, 1.165) is 0 Å². The van der Waals surface area contributed by atoms with Gasteiger partial charge in [-0.25, -0.2) is 0 Å². The first-order valence-electron chi connectivity index (χ1n) is 5.91. The zero-order chi connectivity index (χ0) is 14.4. The molecule has 0 aliphatic heterocycles. The summed E-state index contributed by atoms with van der Waals surface area (Å²) in [5.74, 6) is -2.17. The zero-order valence-electron chi connectivity index (χ0n) is 10.6. The van der Waals surface area contributed by atoms with Crippen LogP contribution < -0.4 is 0 Å². The Morgan fingerprint density at radius 3 is 2.11 bits per heavy atom. The number of rotatable bonds is 7. The van der Waals surface area contributed by atoms with E-state index in [4.69, 9.17) is 10.2 Å². The molecule has 0 fully saturated rings. The van der Waals surface area contributed by atoms with Crippen molar-refractivity contribution >= 4 is 11.9 Å². The summed E-state index contributed by atoms with van der Waals surface area (Å²) < 4.78 is 0. The summed E-state index contributed by atoms with van der Waals surface area (Å²) in [4.78, 5) is 23.0. The number of phenolic OH excluding ortho intramolecular Hbond substituents is 1. The topological polar surface area (TPSA) is 98.1 Å². The molecule has 0 aliphatic carbocycles. The van der Waals surface area contributed by atoms with E-state index in [1.807, 2.05) is 6.92 Å². The first-order chi connectivity index (χ1) is 8.95. The SMILES string of the molecule is CCC(c1ccccc1O)N(CC(=O)O)CC(=O)O. The van der Waals surface area contributed by atoms with Crippen molar-refractivity contribution in [3.8, 4) is 5.75 Å². The summed E-state index contributed by atoms with van der Waals surface area (Å²) in [5.41, 5.74) is 0.535. The first kappa shape index (κ1) is 15.0. The van der Waals surface area contributed by atoms with Crippen LogP contribution in [0.15, 0.2) is 24.3 Å². The average molecular weight is 267 g/mol. The molecule has 0 radical (unpaired) electrons.